The zero-order chi connectivity index (χ0) is 18.8. The Labute approximate surface area is 147 Å². The van der Waals surface area contributed by atoms with Gasteiger partial charge in [-0.3, -0.25) is 14.0 Å². The molecule has 2 aliphatic heterocycles. The number of amides is 1. The monoisotopic (exact) mass is 344 g/mol. The van der Waals surface area contributed by atoms with Crippen molar-refractivity contribution in [1.29, 1.82) is 0 Å². The van der Waals surface area contributed by atoms with E-state index in [0.29, 0.717) is 25.9 Å². The van der Waals surface area contributed by atoms with Crippen molar-refractivity contribution >= 4 is 11.7 Å². The maximum absolute atomic E-state index is 13.2. The van der Waals surface area contributed by atoms with E-state index in [0.717, 1.165) is 25.9 Å². The van der Waals surface area contributed by atoms with E-state index in [9.17, 15) is 14.0 Å². The lowest BCUT2D eigenvalue weighted by atomic mass is 9.76. The third-order valence-corrected chi connectivity index (χ3v) is 5.10. The first-order valence-electron chi connectivity index (χ1n) is 9.53. The first kappa shape index (κ1) is 23.0. The summed E-state index contributed by atoms with van der Waals surface area (Å²) in [5.41, 5.74) is -0.830. The van der Waals surface area contributed by atoms with E-state index in [-0.39, 0.29) is 17.6 Å². The number of nitrogens with zero attached hydrogens (tertiary/aromatic N) is 2. The molecule has 0 aromatic rings. The van der Waals surface area contributed by atoms with Crippen molar-refractivity contribution < 1.29 is 14.0 Å². The standard InChI is InChI=1S/C15H25FN2O2.2C2H6/c1-12(19)15(11-16)5-9-18(10-6-15)14(20)13-3-7-17(2)8-4-13;2*1-2/h13H,3-11H2,1-2H3;2*1-2H3. The summed E-state index contributed by atoms with van der Waals surface area (Å²) >= 11 is 0. The molecule has 2 saturated heterocycles. The summed E-state index contributed by atoms with van der Waals surface area (Å²) in [5.74, 6) is 0.238. The summed E-state index contributed by atoms with van der Waals surface area (Å²) in [7, 11) is 2.07. The lowest BCUT2D eigenvalue weighted by Crippen LogP contribution is -2.49. The van der Waals surface area contributed by atoms with Crippen LogP contribution in [0.3, 0.4) is 0 Å². The van der Waals surface area contributed by atoms with Crippen LogP contribution in [0.25, 0.3) is 0 Å². The minimum Gasteiger partial charge on any atom is -0.342 e. The van der Waals surface area contributed by atoms with Gasteiger partial charge in [0.1, 0.15) is 12.5 Å². The Kier molecular flexibility index (Phi) is 11.1. The predicted octanol–water partition coefficient (Wildman–Crippen LogP) is 3.55. The van der Waals surface area contributed by atoms with Crippen LogP contribution < -0.4 is 0 Å². The van der Waals surface area contributed by atoms with Crippen LogP contribution in [0, 0.1) is 11.3 Å². The summed E-state index contributed by atoms with van der Waals surface area (Å²) in [5, 5.41) is 0. The Morgan fingerprint density at radius 3 is 1.83 bits per heavy atom. The Hall–Kier alpha value is -0.970. The van der Waals surface area contributed by atoms with Crippen LogP contribution in [0.2, 0.25) is 0 Å². The van der Waals surface area contributed by atoms with E-state index < -0.39 is 12.1 Å². The zero-order valence-electron chi connectivity index (χ0n) is 16.5. The summed E-state index contributed by atoms with van der Waals surface area (Å²) in [4.78, 5) is 28.2. The number of carbonyl (C=O) groups excluding carboxylic acids is 2. The van der Waals surface area contributed by atoms with Crippen LogP contribution in [0.15, 0.2) is 0 Å². The van der Waals surface area contributed by atoms with Gasteiger partial charge >= 0.3 is 0 Å². The molecule has 1 amide bonds. The Bertz CT molecular complexity index is 372. The molecule has 0 radical (unpaired) electrons. The van der Waals surface area contributed by atoms with Crippen molar-refractivity contribution in [3.63, 3.8) is 0 Å². The second-order valence-corrected chi connectivity index (χ2v) is 6.37. The Morgan fingerprint density at radius 2 is 1.46 bits per heavy atom. The number of rotatable bonds is 3. The molecule has 4 nitrogen and oxygen atoms in total. The van der Waals surface area contributed by atoms with Gasteiger partial charge in [0.15, 0.2) is 0 Å². The van der Waals surface area contributed by atoms with Crippen molar-refractivity contribution in [3.8, 4) is 0 Å². The smallest absolute Gasteiger partial charge is 0.225 e. The number of alkyl halides is 1. The van der Waals surface area contributed by atoms with Crippen LogP contribution in [-0.2, 0) is 9.59 Å². The molecule has 0 aliphatic carbocycles. The molecular weight excluding hydrogens is 307 g/mol. The van der Waals surface area contributed by atoms with Gasteiger partial charge in [0, 0.05) is 19.0 Å². The van der Waals surface area contributed by atoms with Crippen molar-refractivity contribution in [3.05, 3.63) is 0 Å². The molecular formula is C19H37FN2O2. The highest BCUT2D eigenvalue weighted by Crippen LogP contribution is 2.34. The van der Waals surface area contributed by atoms with Crippen molar-refractivity contribution in [2.45, 2.75) is 60.3 Å². The van der Waals surface area contributed by atoms with E-state index in [1.807, 2.05) is 32.6 Å². The zero-order valence-corrected chi connectivity index (χ0v) is 16.5. The maximum atomic E-state index is 13.2. The van der Waals surface area contributed by atoms with Crippen molar-refractivity contribution in [2.75, 3.05) is 39.9 Å². The number of hydrogen-bond donors (Lipinski definition) is 0. The lowest BCUT2D eigenvalue weighted by Gasteiger charge is -2.40. The van der Waals surface area contributed by atoms with E-state index in [1.54, 1.807) is 0 Å². The fourth-order valence-electron chi connectivity index (χ4n) is 3.25. The van der Waals surface area contributed by atoms with E-state index >= 15 is 0 Å². The van der Waals surface area contributed by atoms with Crippen LogP contribution in [0.5, 0.6) is 0 Å². The Morgan fingerprint density at radius 1 is 1.00 bits per heavy atom. The van der Waals surface area contributed by atoms with E-state index in [4.69, 9.17) is 0 Å². The molecule has 2 rings (SSSR count). The summed E-state index contributed by atoms with van der Waals surface area (Å²) in [6.45, 7) is 11.8. The molecule has 0 saturated carbocycles. The quantitative estimate of drug-likeness (QED) is 0.786. The van der Waals surface area contributed by atoms with Gasteiger partial charge in [0.2, 0.25) is 5.91 Å². The molecule has 0 atom stereocenters. The van der Waals surface area contributed by atoms with Gasteiger partial charge in [-0.25, -0.2) is 0 Å². The SMILES string of the molecule is CC.CC.CC(=O)C1(CF)CCN(C(=O)C2CCN(C)CC2)CC1. The van der Waals surface area contributed by atoms with Crippen LogP contribution in [-0.4, -0.2) is 61.4 Å². The molecule has 0 aromatic heterocycles. The molecule has 142 valence electrons. The molecule has 0 unspecified atom stereocenters. The average molecular weight is 345 g/mol. The van der Waals surface area contributed by atoms with Crippen LogP contribution in [0.4, 0.5) is 4.39 Å². The minimum absolute atomic E-state index is 0.0774. The predicted molar refractivity (Wildman–Crippen MR) is 97.8 cm³/mol. The fourth-order valence-corrected chi connectivity index (χ4v) is 3.25. The minimum atomic E-state index is -0.830. The lowest BCUT2D eigenvalue weighted by molar-refractivity contribution is -0.143. The Balaban J connectivity index is 0.00000123. The third kappa shape index (κ3) is 5.83. The van der Waals surface area contributed by atoms with Gasteiger partial charge in [-0.1, -0.05) is 27.7 Å². The van der Waals surface area contributed by atoms with E-state index in [1.165, 1.54) is 6.92 Å². The number of likely N-dealkylation sites (tertiary alicyclic amines) is 2. The van der Waals surface area contributed by atoms with Gasteiger partial charge in [0.05, 0.1) is 5.41 Å². The maximum Gasteiger partial charge on any atom is 0.225 e. The number of ketones is 1. The summed E-state index contributed by atoms with van der Waals surface area (Å²) in [6, 6.07) is 0. The van der Waals surface area contributed by atoms with E-state index in [2.05, 4.69) is 11.9 Å². The van der Waals surface area contributed by atoms with Gasteiger partial charge in [-0.15, -0.1) is 0 Å². The first-order chi connectivity index (χ1) is 11.5. The molecule has 24 heavy (non-hydrogen) atoms. The molecule has 0 bridgehead atoms. The molecule has 2 heterocycles. The number of Topliss-reactive ketones (excluding diaryl/α,β-unsaturated/α-hetero) is 1. The number of piperidine rings is 2. The molecule has 0 aromatic carbocycles. The number of carbonyl (C=O) groups is 2. The second kappa shape index (κ2) is 11.6. The fraction of sp³-hybridized carbons (Fsp3) is 0.895. The average Bonchev–Trinajstić information content (AvgIpc) is 2.65. The van der Waals surface area contributed by atoms with Crippen LogP contribution in [0.1, 0.15) is 60.3 Å². The van der Waals surface area contributed by atoms with Gasteiger partial charge in [0.25, 0.3) is 0 Å². The van der Waals surface area contributed by atoms with Gasteiger partial charge in [-0.05, 0) is 52.7 Å². The number of hydrogen-bond acceptors (Lipinski definition) is 3. The highest BCUT2D eigenvalue weighted by atomic mass is 19.1. The van der Waals surface area contributed by atoms with Gasteiger partial charge in [-0.2, -0.15) is 0 Å². The molecule has 5 heteroatoms. The van der Waals surface area contributed by atoms with Crippen molar-refractivity contribution in [2.24, 2.45) is 11.3 Å². The molecule has 0 spiro atoms. The summed E-state index contributed by atoms with van der Waals surface area (Å²) in [6.07, 6.45) is 2.76. The molecule has 2 aliphatic rings. The molecule has 2 fully saturated rings. The van der Waals surface area contributed by atoms with Gasteiger partial charge < -0.3 is 9.80 Å². The first-order valence-corrected chi connectivity index (χ1v) is 9.53. The topological polar surface area (TPSA) is 40.6 Å². The third-order valence-electron chi connectivity index (χ3n) is 5.10. The normalized spacial score (nSPS) is 21.0. The molecule has 0 N–H and O–H groups in total. The second-order valence-electron chi connectivity index (χ2n) is 6.37. The number of halogens is 1. The highest BCUT2D eigenvalue weighted by molar-refractivity contribution is 5.83. The van der Waals surface area contributed by atoms with Crippen molar-refractivity contribution in [1.82, 2.24) is 9.80 Å². The summed E-state index contributed by atoms with van der Waals surface area (Å²) < 4.78 is 13.2. The largest absolute Gasteiger partial charge is 0.342 e. The highest BCUT2D eigenvalue weighted by Gasteiger charge is 2.41. The van der Waals surface area contributed by atoms with Crippen LogP contribution >= 0.6 is 0 Å².